The van der Waals surface area contributed by atoms with E-state index in [-0.39, 0.29) is 5.41 Å². The maximum absolute atomic E-state index is 12.9. The Morgan fingerprint density at radius 3 is 2.26 bits per heavy atom. The van der Waals surface area contributed by atoms with Gasteiger partial charge in [-0.3, -0.25) is 9.59 Å². The minimum Gasteiger partial charge on any atom is -0.354 e. The Morgan fingerprint density at radius 2 is 1.74 bits per heavy atom. The van der Waals surface area contributed by atoms with E-state index >= 15 is 0 Å². The molecule has 1 N–H and O–H groups in total. The number of hydrogen-bond donors (Lipinski definition) is 1. The van der Waals surface area contributed by atoms with Crippen LogP contribution in [0.25, 0.3) is 0 Å². The number of rotatable bonds is 4. The molecule has 0 spiro atoms. The third kappa shape index (κ3) is 3.75. The van der Waals surface area contributed by atoms with Crippen LogP contribution >= 0.6 is 11.6 Å². The fraction of sp³-hybridized carbons (Fsp3) is 0.684. The molecule has 4 nitrogen and oxygen atoms in total. The van der Waals surface area contributed by atoms with Crippen molar-refractivity contribution in [2.75, 3.05) is 6.54 Å². The van der Waals surface area contributed by atoms with Gasteiger partial charge in [-0.05, 0) is 67.8 Å². The number of aromatic nitrogens is 1. The highest BCUT2D eigenvalue weighted by molar-refractivity contribution is 6.30. The van der Waals surface area contributed by atoms with Crippen LogP contribution in [0, 0.1) is 23.2 Å². The van der Waals surface area contributed by atoms with E-state index in [4.69, 9.17) is 11.6 Å². The summed E-state index contributed by atoms with van der Waals surface area (Å²) in [5, 5.41) is 2.33. The van der Waals surface area contributed by atoms with Crippen LogP contribution in [0.3, 0.4) is 0 Å². The van der Waals surface area contributed by atoms with E-state index in [1.165, 1.54) is 19.3 Å². The SMILES string of the molecule is O=C(Cn1cc(C(F)(F)F)cc(Cl)c1=O)NCC12CC3CC(CC(C3)C1)C2. The molecule has 4 aliphatic rings. The zero-order chi connectivity index (χ0) is 19.4. The first-order valence-electron chi connectivity index (χ1n) is 9.37. The number of pyridine rings is 1. The zero-order valence-corrected chi connectivity index (χ0v) is 15.6. The monoisotopic (exact) mass is 402 g/mol. The second-order valence-corrected chi connectivity index (χ2v) is 9.11. The summed E-state index contributed by atoms with van der Waals surface area (Å²) in [6, 6.07) is 0.591. The second kappa shape index (κ2) is 6.54. The Balaban J connectivity index is 1.43. The number of alkyl halides is 3. The first-order chi connectivity index (χ1) is 12.6. The van der Waals surface area contributed by atoms with Crippen molar-refractivity contribution in [3.63, 3.8) is 0 Å². The molecular formula is C19H22ClF3N2O2. The van der Waals surface area contributed by atoms with Gasteiger partial charge < -0.3 is 9.88 Å². The van der Waals surface area contributed by atoms with E-state index in [0.717, 1.165) is 41.6 Å². The molecule has 8 heteroatoms. The Kier molecular flexibility index (Phi) is 4.56. The average Bonchev–Trinajstić information content (AvgIpc) is 2.55. The van der Waals surface area contributed by atoms with E-state index in [1.807, 2.05) is 0 Å². The molecule has 148 valence electrons. The zero-order valence-electron chi connectivity index (χ0n) is 14.8. The van der Waals surface area contributed by atoms with Gasteiger partial charge in [-0.2, -0.15) is 13.2 Å². The van der Waals surface area contributed by atoms with E-state index in [0.29, 0.717) is 18.8 Å². The number of carbonyl (C=O) groups excluding carboxylic acids is 1. The molecule has 0 aromatic carbocycles. The Hall–Kier alpha value is -1.50. The summed E-state index contributed by atoms with van der Waals surface area (Å²) in [6.07, 6.45) is 3.27. The first-order valence-corrected chi connectivity index (χ1v) is 9.75. The van der Waals surface area contributed by atoms with Crippen LogP contribution in [-0.4, -0.2) is 17.0 Å². The van der Waals surface area contributed by atoms with Gasteiger partial charge in [0.2, 0.25) is 5.91 Å². The number of hydrogen-bond acceptors (Lipinski definition) is 2. The van der Waals surface area contributed by atoms with Crippen molar-refractivity contribution < 1.29 is 18.0 Å². The van der Waals surface area contributed by atoms with Crippen molar-refractivity contribution >= 4 is 17.5 Å². The van der Waals surface area contributed by atoms with E-state index in [1.54, 1.807) is 0 Å². The minimum atomic E-state index is -4.63. The van der Waals surface area contributed by atoms with Gasteiger partial charge in [0.05, 0.1) is 5.56 Å². The topological polar surface area (TPSA) is 51.1 Å². The third-order valence-corrected chi connectivity index (χ3v) is 6.78. The summed E-state index contributed by atoms with van der Waals surface area (Å²) in [5.41, 5.74) is -1.71. The predicted octanol–water partition coefficient (Wildman–Crippen LogP) is 3.85. The fourth-order valence-corrected chi connectivity index (χ4v) is 6.10. The molecule has 4 aliphatic carbocycles. The lowest BCUT2D eigenvalue weighted by Crippen LogP contribution is -2.51. The first kappa shape index (κ1) is 18.8. The number of nitrogens with zero attached hydrogens (tertiary/aromatic N) is 1. The van der Waals surface area contributed by atoms with Gasteiger partial charge in [0, 0.05) is 12.7 Å². The summed E-state index contributed by atoms with van der Waals surface area (Å²) in [4.78, 5) is 24.3. The quantitative estimate of drug-likeness (QED) is 0.831. The number of amides is 1. The lowest BCUT2D eigenvalue weighted by Gasteiger charge is -2.56. The van der Waals surface area contributed by atoms with Gasteiger partial charge in [-0.25, -0.2) is 0 Å². The van der Waals surface area contributed by atoms with Crippen LogP contribution in [0.4, 0.5) is 13.2 Å². The molecule has 0 aliphatic heterocycles. The van der Waals surface area contributed by atoms with Crippen LogP contribution in [0.2, 0.25) is 5.02 Å². The molecule has 1 amide bonds. The smallest absolute Gasteiger partial charge is 0.354 e. The molecule has 1 aromatic heterocycles. The Labute approximate surface area is 160 Å². The molecule has 0 saturated heterocycles. The lowest BCUT2D eigenvalue weighted by atomic mass is 9.49. The van der Waals surface area contributed by atoms with Crippen LogP contribution < -0.4 is 10.9 Å². The van der Waals surface area contributed by atoms with Crippen molar-refractivity contribution in [3.05, 3.63) is 33.2 Å². The largest absolute Gasteiger partial charge is 0.417 e. The molecule has 0 atom stereocenters. The normalized spacial score (nSPS) is 31.9. The minimum absolute atomic E-state index is 0.126. The van der Waals surface area contributed by atoms with E-state index < -0.39 is 34.8 Å². The van der Waals surface area contributed by atoms with Crippen LogP contribution in [0.1, 0.15) is 44.1 Å². The van der Waals surface area contributed by atoms with Gasteiger partial charge in [0.1, 0.15) is 11.6 Å². The number of nitrogens with one attached hydrogen (secondary N) is 1. The van der Waals surface area contributed by atoms with Crippen molar-refractivity contribution in [2.45, 2.75) is 51.2 Å². The Bertz CT molecular complexity index is 783. The molecule has 0 radical (unpaired) electrons. The van der Waals surface area contributed by atoms with Gasteiger partial charge in [-0.1, -0.05) is 11.6 Å². The van der Waals surface area contributed by atoms with E-state index in [9.17, 15) is 22.8 Å². The molecule has 5 rings (SSSR count). The molecule has 1 aromatic rings. The third-order valence-electron chi connectivity index (χ3n) is 6.51. The molecule has 27 heavy (non-hydrogen) atoms. The lowest BCUT2D eigenvalue weighted by molar-refractivity contribution is -0.138. The summed E-state index contributed by atoms with van der Waals surface area (Å²) >= 11 is 5.63. The Morgan fingerprint density at radius 1 is 1.19 bits per heavy atom. The number of halogens is 4. The maximum atomic E-state index is 12.9. The highest BCUT2D eigenvalue weighted by Crippen LogP contribution is 2.59. The fourth-order valence-electron chi connectivity index (χ4n) is 5.87. The summed E-state index contributed by atoms with van der Waals surface area (Å²) in [5.74, 6) is 1.79. The number of carbonyl (C=O) groups is 1. The predicted molar refractivity (Wildman–Crippen MR) is 94.3 cm³/mol. The molecule has 0 unspecified atom stereocenters. The molecular weight excluding hydrogens is 381 g/mol. The summed E-state index contributed by atoms with van der Waals surface area (Å²) in [6.45, 7) is 0.0750. The van der Waals surface area contributed by atoms with Gasteiger partial charge in [0.25, 0.3) is 5.56 Å². The summed E-state index contributed by atoms with van der Waals surface area (Å²) < 4.78 is 39.5. The van der Waals surface area contributed by atoms with Gasteiger partial charge >= 0.3 is 6.18 Å². The van der Waals surface area contributed by atoms with Crippen LogP contribution in [-0.2, 0) is 17.5 Å². The molecule has 4 fully saturated rings. The molecule has 1 heterocycles. The van der Waals surface area contributed by atoms with Crippen molar-refractivity contribution in [3.8, 4) is 0 Å². The standard InChI is InChI=1S/C19H22ClF3N2O2/c20-15-4-14(19(21,22)23)8-25(17(15)27)9-16(26)24-10-18-5-11-1-12(6-18)3-13(2-11)7-18/h4,8,11-13H,1-3,5-7,9-10H2,(H,24,26). The van der Waals surface area contributed by atoms with Crippen LogP contribution in [0.15, 0.2) is 17.1 Å². The highest BCUT2D eigenvalue weighted by Gasteiger charge is 2.50. The average molecular weight is 403 g/mol. The molecule has 4 bridgehead atoms. The van der Waals surface area contributed by atoms with E-state index in [2.05, 4.69) is 5.32 Å². The van der Waals surface area contributed by atoms with Crippen molar-refractivity contribution in [2.24, 2.45) is 23.2 Å². The maximum Gasteiger partial charge on any atom is 0.417 e. The summed E-state index contributed by atoms with van der Waals surface area (Å²) in [7, 11) is 0. The van der Waals surface area contributed by atoms with Gasteiger partial charge in [-0.15, -0.1) is 0 Å². The van der Waals surface area contributed by atoms with Crippen molar-refractivity contribution in [1.82, 2.24) is 9.88 Å². The van der Waals surface area contributed by atoms with Crippen LogP contribution in [0.5, 0.6) is 0 Å². The van der Waals surface area contributed by atoms with Crippen molar-refractivity contribution in [1.29, 1.82) is 0 Å². The molecule has 4 saturated carbocycles. The highest BCUT2D eigenvalue weighted by atomic mass is 35.5. The van der Waals surface area contributed by atoms with Gasteiger partial charge in [0.15, 0.2) is 0 Å². The second-order valence-electron chi connectivity index (χ2n) is 8.70.